The maximum absolute atomic E-state index is 3.79. The fourth-order valence-corrected chi connectivity index (χ4v) is 2.51. The zero-order chi connectivity index (χ0) is 13.5. The normalized spacial score (nSPS) is 11.0. The molecule has 0 aliphatic carbocycles. The first-order valence-corrected chi connectivity index (χ1v) is 7.25. The summed E-state index contributed by atoms with van der Waals surface area (Å²) in [7, 11) is 0. The van der Waals surface area contributed by atoms with Gasteiger partial charge in [-0.15, -0.1) is 6.58 Å². The Morgan fingerprint density at radius 1 is 1.32 bits per heavy atom. The van der Waals surface area contributed by atoms with E-state index in [9.17, 15) is 0 Å². The first-order chi connectivity index (χ1) is 9.36. The molecule has 1 aromatic carbocycles. The van der Waals surface area contributed by atoms with Crippen LogP contribution in [0.1, 0.15) is 25.3 Å². The number of unbranched alkanes of at least 4 members (excludes halogenated alkanes) is 1. The Morgan fingerprint density at radius 3 is 2.95 bits per heavy atom. The van der Waals surface area contributed by atoms with E-state index in [-0.39, 0.29) is 0 Å². The minimum absolute atomic E-state index is 1.04. The van der Waals surface area contributed by atoms with Gasteiger partial charge in [-0.1, -0.05) is 31.2 Å². The van der Waals surface area contributed by atoms with Crippen LogP contribution >= 0.6 is 0 Å². The van der Waals surface area contributed by atoms with Crippen molar-refractivity contribution < 1.29 is 0 Å². The third kappa shape index (κ3) is 3.48. The number of allylic oxidation sites excluding steroid dienone is 1. The van der Waals surface area contributed by atoms with Crippen molar-refractivity contribution in [2.75, 3.05) is 13.1 Å². The number of hydrogen-bond acceptors (Lipinski definition) is 1. The zero-order valence-electron chi connectivity index (χ0n) is 11.9. The summed E-state index contributed by atoms with van der Waals surface area (Å²) in [4.78, 5) is 0. The van der Waals surface area contributed by atoms with Crippen LogP contribution in [0.15, 0.2) is 43.1 Å². The summed E-state index contributed by atoms with van der Waals surface area (Å²) in [6, 6.07) is 8.72. The van der Waals surface area contributed by atoms with Gasteiger partial charge in [0.2, 0.25) is 0 Å². The Morgan fingerprint density at radius 2 is 2.16 bits per heavy atom. The Bertz CT molecular complexity index is 525. The van der Waals surface area contributed by atoms with Gasteiger partial charge in [0.1, 0.15) is 0 Å². The number of aryl methyl sites for hydroxylation is 1. The van der Waals surface area contributed by atoms with E-state index in [0.29, 0.717) is 0 Å². The molecule has 0 amide bonds. The van der Waals surface area contributed by atoms with Gasteiger partial charge in [0.15, 0.2) is 0 Å². The predicted molar refractivity (Wildman–Crippen MR) is 83.6 cm³/mol. The quantitative estimate of drug-likeness (QED) is 0.562. The molecule has 2 nitrogen and oxygen atoms in total. The Balaban J connectivity index is 2.18. The van der Waals surface area contributed by atoms with E-state index < -0.39 is 0 Å². The van der Waals surface area contributed by atoms with Gasteiger partial charge >= 0.3 is 0 Å². The van der Waals surface area contributed by atoms with Crippen molar-refractivity contribution in [2.45, 2.75) is 32.7 Å². The van der Waals surface area contributed by atoms with E-state index in [1.165, 1.54) is 16.5 Å². The Labute approximate surface area is 116 Å². The zero-order valence-corrected chi connectivity index (χ0v) is 11.9. The number of aromatic nitrogens is 1. The molecule has 102 valence electrons. The number of para-hydroxylation sites is 1. The average Bonchev–Trinajstić information content (AvgIpc) is 2.79. The number of nitrogens with one attached hydrogen (secondary N) is 1. The maximum Gasteiger partial charge on any atom is 0.0483 e. The molecule has 0 spiro atoms. The first kappa shape index (κ1) is 13.9. The molecule has 0 unspecified atom stereocenters. The SMILES string of the molecule is C=CCCCn1cc(CCNCC)c2ccccc21. The summed E-state index contributed by atoms with van der Waals surface area (Å²) in [5.41, 5.74) is 2.81. The minimum Gasteiger partial charge on any atom is -0.347 e. The van der Waals surface area contributed by atoms with Gasteiger partial charge in [-0.2, -0.15) is 0 Å². The van der Waals surface area contributed by atoms with Gasteiger partial charge in [-0.25, -0.2) is 0 Å². The monoisotopic (exact) mass is 256 g/mol. The van der Waals surface area contributed by atoms with Crippen molar-refractivity contribution in [2.24, 2.45) is 0 Å². The molecular weight excluding hydrogens is 232 g/mol. The lowest BCUT2D eigenvalue weighted by molar-refractivity contribution is 0.665. The van der Waals surface area contributed by atoms with Crippen molar-refractivity contribution >= 4 is 10.9 Å². The highest BCUT2D eigenvalue weighted by Crippen LogP contribution is 2.22. The molecule has 2 heteroatoms. The molecule has 1 aromatic heterocycles. The van der Waals surface area contributed by atoms with Gasteiger partial charge in [-0.05, 0) is 44.0 Å². The molecular formula is C17H24N2. The van der Waals surface area contributed by atoms with Crippen LogP contribution in [0.25, 0.3) is 10.9 Å². The van der Waals surface area contributed by atoms with Crippen LogP contribution in [-0.4, -0.2) is 17.7 Å². The second kappa shape index (κ2) is 7.15. The molecule has 0 saturated carbocycles. The summed E-state index contributed by atoms with van der Waals surface area (Å²) in [5, 5.41) is 4.80. The molecule has 19 heavy (non-hydrogen) atoms. The first-order valence-electron chi connectivity index (χ1n) is 7.25. The second-order valence-electron chi connectivity index (χ2n) is 4.90. The van der Waals surface area contributed by atoms with Crippen LogP contribution in [0.2, 0.25) is 0 Å². The van der Waals surface area contributed by atoms with Crippen molar-refractivity contribution in [3.05, 3.63) is 48.7 Å². The lowest BCUT2D eigenvalue weighted by atomic mass is 10.1. The number of hydrogen-bond donors (Lipinski definition) is 1. The summed E-state index contributed by atoms with van der Waals surface area (Å²) in [5.74, 6) is 0. The summed E-state index contributed by atoms with van der Waals surface area (Å²) in [6.07, 6.45) is 7.67. The molecule has 0 aliphatic heterocycles. The standard InChI is InChI=1S/C17H24N2/c1-3-5-8-13-19-14-15(11-12-18-4-2)16-9-6-7-10-17(16)19/h3,6-7,9-10,14,18H,1,4-5,8,11-13H2,2H3. The molecule has 2 aromatic rings. The third-order valence-electron chi connectivity index (χ3n) is 3.50. The van der Waals surface area contributed by atoms with E-state index in [0.717, 1.165) is 38.9 Å². The van der Waals surface area contributed by atoms with E-state index >= 15 is 0 Å². The molecule has 0 saturated heterocycles. The molecule has 1 N–H and O–H groups in total. The van der Waals surface area contributed by atoms with Gasteiger partial charge in [0.25, 0.3) is 0 Å². The second-order valence-corrected chi connectivity index (χ2v) is 4.90. The maximum atomic E-state index is 3.79. The highest BCUT2D eigenvalue weighted by molar-refractivity contribution is 5.84. The minimum atomic E-state index is 1.04. The van der Waals surface area contributed by atoms with Crippen LogP contribution in [0.4, 0.5) is 0 Å². The van der Waals surface area contributed by atoms with Gasteiger partial charge in [-0.3, -0.25) is 0 Å². The molecule has 0 bridgehead atoms. The lowest BCUT2D eigenvalue weighted by Crippen LogP contribution is -2.15. The molecule has 1 heterocycles. The molecule has 2 rings (SSSR count). The van der Waals surface area contributed by atoms with Crippen LogP contribution in [0.5, 0.6) is 0 Å². The molecule has 0 atom stereocenters. The lowest BCUT2D eigenvalue weighted by Gasteiger charge is -2.03. The number of benzene rings is 1. The Hall–Kier alpha value is -1.54. The van der Waals surface area contributed by atoms with Gasteiger partial charge in [0.05, 0.1) is 0 Å². The Kier molecular flexibility index (Phi) is 5.22. The fourth-order valence-electron chi connectivity index (χ4n) is 2.51. The van der Waals surface area contributed by atoms with Crippen molar-refractivity contribution in [3.8, 4) is 0 Å². The van der Waals surface area contributed by atoms with Crippen LogP contribution in [0.3, 0.4) is 0 Å². The number of likely N-dealkylation sites (N-methyl/N-ethyl adjacent to an activating group) is 1. The van der Waals surface area contributed by atoms with Crippen molar-refractivity contribution in [1.29, 1.82) is 0 Å². The van der Waals surface area contributed by atoms with E-state index in [1.54, 1.807) is 0 Å². The van der Waals surface area contributed by atoms with Crippen LogP contribution < -0.4 is 5.32 Å². The molecule has 0 aliphatic rings. The number of nitrogens with zero attached hydrogens (tertiary/aromatic N) is 1. The molecule has 0 fully saturated rings. The highest BCUT2D eigenvalue weighted by atomic mass is 15.0. The topological polar surface area (TPSA) is 17.0 Å². The van der Waals surface area contributed by atoms with E-state index in [4.69, 9.17) is 0 Å². The van der Waals surface area contributed by atoms with Crippen LogP contribution in [-0.2, 0) is 13.0 Å². The largest absolute Gasteiger partial charge is 0.347 e. The highest BCUT2D eigenvalue weighted by Gasteiger charge is 2.07. The molecule has 0 radical (unpaired) electrons. The number of fused-ring (bicyclic) bond motifs is 1. The predicted octanol–water partition coefficient (Wildman–Crippen LogP) is 3.76. The van der Waals surface area contributed by atoms with Crippen molar-refractivity contribution in [3.63, 3.8) is 0 Å². The van der Waals surface area contributed by atoms with Crippen LogP contribution in [0, 0.1) is 0 Å². The fraction of sp³-hybridized carbons (Fsp3) is 0.412. The van der Waals surface area contributed by atoms with E-state index in [1.807, 2.05) is 6.08 Å². The summed E-state index contributed by atoms with van der Waals surface area (Å²) < 4.78 is 2.39. The smallest absolute Gasteiger partial charge is 0.0483 e. The van der Waals surface area contributed by atoms with Gasteiger partial charge in [0, 0.05) is 23.6 Å². The van der Waals surface area contributed by atoms with Gasteiger partial charge < -0.3 is 9.88 Å². The van der Waals surface area contributed by atoms with E-state index in [2.05, 4.69) is 53.8 Å². The summed E-state index contributed by atoms with van der Waals surface area (Å²) in [6.45, 7) is 9.11. The van der Waals surface area contributed by atoms with Crippen molar-refractivity contribution in [1.82, 2.24) is 9.88 Å². The third-order valence-corrected chi connectivity index (χ3v) is 3.50. The number of rotatable bonds is 8. The average molecular weight is 256 g/mol. The summed E-state index contributed by atoms with van der Waals surface area (Å²) >= 11 is 0.